The molecule has 2 N–H and O–H groups in total. The summed E-state index contributed by atoms with van der Waals surface area (Å²) in [6.45, 7) is 7.67. The van der Waals surface area contributed by atoms with Crippen molar-refractivity contribution in [1.29, 1.82) is 0 Å². The van der Waals surface area contributed by atoms with Gasteiger partial charge in [-0.1, -0.05) is 35.4 Å². The minimum atomic E-state index is -0.917. The molecule has 1 aliphatic rings. The fraction of sp³-hybridized carbons (Fsp3) is 0.286. The first kappa shape index (κ1) is 18.0. The van der Waals surface area contributed by atoms with Gasteiger partial charge >= 0.3 is 5.97 Å². The fourth-order valence-corrected chi connectivity index (χ4v) is 2.54. The highest BCUT2D eigenvalue weighted by atomic mass is 16.7. The van der Waals surface area contributed by atoms with Crippen molar-refractivity contribution < 1.29 is 14.3 Å². The van der Waals surface area contributed by atoms with Gasteiger partial charge in [0.05, 0.1) is 6.61 Å². The van der Waals surface area contributed by atoms with E-state index in [-0.39, 0.29) is 6.61 Å². The van der Waals surface area contributed by atoms with Gasteiger partial charge in [0, 0.05) is 25.2 Å². The molecule has 0 amide bonds. The van der Waals surface area contributed by atoms with Gasteiger partial charge in [0.1, 0.15) is 11.4 Å². The summed E-state index contributed by atoms with van der Waals surface area (Å²) in [5.74, 6) is -0.756. The summed E-state index contributed by atoms with van der Waals surface area (Å²) < 4.78 is 11.0. The lowest BCUT2D eigenvalue weighted by Gasteiger charge is -2.32. The van der Waals surface area contributed by atoms with Crippen LogP contribution in [0.5, 0.6) is 0 Å². The minimum absolute atomic E-state index is 0.166. The molecule has 5 heteroatoms. The smallest absolute Gasteiger partial charge is 0.342 e. The van der Waals surface area contributed by atoms with E-state index in [1.165, 1.54) is 11.1 Å². The van der Waals surface area contributed by atoms with Crippen molar-refractivity contribution in [2.24, 2.45) is 0 Å². The molecule has 3 rings (SSSR count). The SMILES string of the molecule is Cc1ccc(NC(Nc2ccc(C)cc2)=C2COC(C)(C)OC2=O)cc1. The molecule has 1 saturated heterocycles. The third kappa shape index (κ3) is 4.43. The van der Waals surface area contributed by atoms with Crippen LogP contribution in [0.15, 0.2) is 59.9 Å². The van der Waals surface area contributed by atoms with Crippen LogP contribution in [0.3, 0.4) is 0 Å². The molecule has 2 aromatic rings. The van der Waals surface area contributed by atoms with Crippen molar-refractivity contribution >= 4 is 17.3 Å². The Bertz CT molecular complexity index is 772. The highest BCUT2D eigenvalue weighted by molar-refractivity contribution is 5.92. The summed E-state index contributed by atoms with van der Waals surface area (Å²) in [5, 5.41) is 6.57. The Labute approximate surface area is 154 Å². The average molecular weight is 352 g/mol. The van der Waals surface area contributed by atoms with Crippen LogP contribution in [-0.4, -0.2) is 18.4 Å². The first-order valence-electron chi connectivity index (χ1n) is 8.60. The van der Waals surface area contributed by atoms with E-state index in [0.29, 0.717) is 11.4 Å². The molecule has 0 radical (unpaired) electrons. The molecular weight excluding hydrogens is 328 g/mol. The number of carbonyl (C=O) groups excluding carboxylic acids is 1. The maximum absolute atomic E-state index is 12.5. The third-order valence-electron chi connectivity index (χ3n) is 4.09. The zero-order chi connectivity index (χ0) is 18.7. The maximum Gasteiger partial charge on any atom is 0.342 e. The monoisotopic (exact) mass is 352 g/mol. The molecule has 1 heterocycles. The second-order valence-electron chi connectivity index (χ2n) is 6.91. The second-order valence-corrected chi connectivity index (χ2v) is 6.91. The Hall–Kier alpha value is -2.79. The van der Waals surface area contributed by atoms with Crippen molar-refractivity contribution in [1.82, 2.24) is 0 Å². The molecule has 2 aromatic carbocycles. The van der Waals surface area contributed by atoms with Crippen molar-refractivity contribution in [2.75, 3.05) is 17.2 Å². The predicted molar refractivity (Wildman–Crippen MR) is 103 cm³/mol. The van der Waals surface area contributed by atoms with Crippen LogP contribution in [0.1, 0.15) is 25.0 Å². The molecule has 0 atom stereocenters. The number of anilines is 2. The lowest BCUT2D eigenvalue weighted by molar-refractivity contribution is -0.223. The second kappa shape index (κ2) is 7.22. The summed E-state index contributed by atoms with van der Waals surface area (Å²) in [7, 11) is 0. The van der Waals surface area contributed by atoms with E-state index in [2.05, 4.69) is 10.6 Å². The van der Waals surface area contributed by atoms with Gasteiger partial charge < -0.3 is 20.1 Å². The third-order valence-corrected chi connectivity index (χ3v) is 4.09. The molecule has 5 nitrogen and oxygen atoms in total. The minimum Gasteiger partial charge on any atom is -0.430 e. The van der Waals surface area contributed by atoms with Crippen LogP contribution in [0, 0.1) is 13.8 Å². The van der Waals surface area contributed by atoms with Crippen LogP contribution >= 0.6 is 0 Å². The van der Waals surface area contributed by atoms with Crippen LogP contribution < -0.4 is 10.6 Å². The van der Waals surface area contributed by atoms with Crippen LogP contribution in [0.25, 0.3) is 0 Å². The molecule has 0 bridgehead atoms. The zero-order valence-corrected chi connectivity index (χ0v) is 15.6. The molecular formula is C21H24N2O3. The topological polar surface area (TPSA) is 59.6 Å². The highest BCUT2D eigenvalue weighted by Crippen LogP contribution is 2.25. The Balaban J connectivity index is 1.92. The Morgan fingerprint density at radius 3 is 1.77 bits per heavy atom. The van der Waals surface area contributed by atoms with E-state index in [1.807, 2.05) is 62.4 Å². The number of carbonyl (C=O) groups is 1. The summed E-state index contributed by atoms with van der Waals surface area (Å²) in [4.78, 5) is 12.5. The standard InChI is InChI=1S/C21H24N2O3/c1-14-5-9-16(10-6-14)22-19(23-17-11-7-15(2)8-12-17)18-13-25-21(3,4)26-20(18)24/h5-12,22-23H,13H2,1-4H3. The summed E-state index contributed by atoms with van der Waals surface area (Å²) in [5.41, 5.74) is 4.49. The van der Waals surface area contributed by atoms with Gasteiger partial charge in [0.2, 0.25) is 5.79 Å². The molecule has 0 aromatic heterocycles. The quantitative estimate of drug-likeness (QED) is 0.633. The van der Waals surface area contributed by atoms with Crippen molar-refractivity contribution in [3.05, 3.63) is 71.1 Å². The number of aryl methyl sites for hydroxylation is 2. The number of hydrogen-bond acceptors (Lipinski definition) is 5. The van der Waals surface area contributed by atoms with E-state index in [0.717, 1.165) is 11.4 Å². The van der Waals surface area contributed by atoms with Crippen molar-refractivity contribution in [2.45, 2.75) is 33.5 Å². The van der Waals surface area contributed by atoms with Crippen molar-refractivity contribution in [3.63, 3.8) is 0 Å². The van der Waals surface area contributed by atoms with Gasteiger partial charge in [-0.05, 0) is 38.1 Å². The van der Waals surface area contributed by atoms with Crippen LogP contribution in [0.2, 0.25) is 0 Å². The Kier molecular flexibility index (Phi) is 5.00. The fourth-order valence-electron chi connectivity index (χ4n) is 2.54. The Morgan fingerprint density at radius 2 is 1.35 bits per heavy atom. The highest BCUT2D eigenvalue weighted by Gasteiger charge is 2.34. The molecule has 1 fully saturated rings. The first-order chi connectivity index (χ1) is 12.3. The summed E-state index contributed by atoms with van der Waals surface area (Å²) in [6, 6.07) is 15.9. The van der Waals surface area contributed by atoms with Gasteiger partial charge in [0.15, 0.2) is 0 Å². The van der Waals surface area contributed by atoms with Gasteiger partial charge in [-0.15, -0.1) is 0 Å². The lowest BCUT2D eigenvalue weighted by atomic mass is 10.2. The van der Waals surface area contributed by atoms with Gasteiger partial charge in [-0.25, -0.2) is 4.79 Å². The zero-order valence-electron chi connectivity index (χ0n) is 15.6. The van der Waals surface area contributed by atoms with Crippen LogP contribution in [-0.2, 0) is 14.3 Å². The summed E-state index contributed by atoms with van der Waals surface area (Å²) in [6.07, 6.45) is 0. The molecule has 0 spiro atoms. The largest absolute Gasteiger partial charge is 0.430 e. The number of esters is 1. The maximum atomic E-state index is 12.5. The van der Waals surface area contributed by atoms with Gasteiger partial charge in [-0.2, -0.15) is 0 Å². The predicted octanol–water partition coefficient (Wildman–Crippen LogP) is 4.35. The first-order valence-corrected chi connectivity index (χ1v) is 8.60. The molecule has 136 valence electrons. The van der Waals surface area contributed by atoms with E-state index in [1.54, 1.807) is 13.8 Å². The Morgan fingerprint density at radius 1 is 0.885 bits per heavy atom. The molecule has 0 unspecified atom stereocenters. The number of rotatable bonds is 4. The lowest BCUT2D eigenvalue weighted by Crippen LogP contribution is -2.40. The van der Waals surface area contributed by atoms with E-state index in [9.17, 15) is 4.79 Å². The number of benzene rings is 2. The number of nitrogens with one attached hydrogen (secondary N) is 2. The van der Waals surface area contributed by atoms with E-state index >= 15 is 0 Å². The van der Waals surface area contributed by atoms with E-state index < -0.39 is 11.8 Å². The van der Waals surface area contributed by atoms with Crippen molar-refractivity contribution in [3.8, 4) is 0 Å². The van der Waals surface area contributed by atoms with Gasteiger partial charge in [-0.3, -0.25) is 0 Å². The van der Waals surface area contributed by atoms with E-state index in [4.69, 9.17) is 9.47 Å². The normalized spacial score (nSPS) is 16.0. The van der Waals surface area contributed by atoms with Crippen LogP contribution in [0.4, 0.5) is 11.4 Å². The molecule has 26 heavy (non-hydrogen) atoms. The average Bonchev–Trinajstić information content (AvgIpc) is 2.58. The number of hydrogen-bond donors (Lipinski definition) is 2. The summed E-state index contributed by atoms with van der Waals surface area (Å²) >= 11 is 0. The number of ether oxygens (including phenoxy) is 2. The molecule has 0 saturated carbocycles. The van der Waals surface area contributed by atoms with Gasteiger partial charge in [0.25, 0.3) is 0 Å². The number of cyclic esters (lactones) is 1. The molecule has 0 aliphatic carbocycles. The molecule has 1 aliphatic heterocycles.